The molecule has 4 rings (SSSR count). The van der Waals surface area contributed by atoms with E-state index in [1.54, 1.807) is 13.3 Å². The second-order valence-corrected chi connectivity index (χ2v) is 8.39. The van der Waals surface area contributed by atoms with Crippen LogP contribution in [0.4, 0.5) is 0 Å². The van der Waals surface area contributed by atoms with Crippen molar-refractivity contribution in [2.24, 2.45) is 0 Å². The number of rotatable bonds is 7. The number of pyridine rings is 1. The molecule has 1 aliphatic rings. The molecule has 1 unspecified atom stereocenters. The maximum atomic E-state index is 13.7. The lowest BCUT2D eigenvalue weighted by molar-refractivity contribution is 0.0506. The number of methoxy groups -OCH3 is 1. The van der Waals surface area contributed by atoms with Gasteiger partial charge < -0.3 is 14.4 Å². The summed E-state index contributed by atoms with van der Waals surface area (Å²) in [4.78, 5) is 20.3. The van der Waals surface area contributed by atoms with Gasteiger partial charge in [-0.05, 0) is 57.4 Å². The summed E-state index contributed by atoms with van der Waals surface area (Å²) in [6.07, 6.45) is 3.85. The molecule has 0 N–H and O–H groups in total. The van der Waals surface area contributed by atoms with E-state index in [0.717, 1.165) is 41.8 Å². The molecular weight excluding hydrogens is 392 g/mol. The quantitative estimate of drug-likeness (QED) is 0.572. The molecule has 31 heavy (non-hydrogen) atoms. The minimum absolute atomic E-state index is 0.0393. The Hall–Kier alpha value is -2.93. The van der Waals surface area contributed by atoms with Crippen molar-refractivity contribution in [2.75, 3.05) is 20.3 Å². The molecule has 164 valence electrons. The van der Waals surface area contributed by atoms with Crippen LogP contribution in [0.1, 0.15) is 54.3 Å². The van der Waals surface area contributed by atoms with Crippen LogP contribution >= 0.6 is 0 Å². The number of hydrogen-bond acceptors (Lipinski definition) is 5. The fourth-order valence-electron chi connectivity index (χ4n) is 4.08. The number of hydrogen-bond donors (Lipinski definition) is 0. The molecular formula is C24H30N4O3. The van der Waals surface area contributed by atoms with Crippen LogP contribution in [0.2, 0.25) is 0 Å². The monoisotopic (exact) mass is 422 g/mol. The van der Waals surface area contributed by atoms with Gasteiger partial charge in [-0.2, -0.15) is 5.10 Å². The van der Waals surface area contributed by atoms with Gasteiger partial charge in [0.2, 0.25) is 0 Å². The standard InChI is InChI=1S/C24H30N4O3/c1-16(2)28-23-19(13-25-28)12-22(17(3)26-23)24(29)27(15-21-9-6-10-31-21)14-18-7-5-8-20(11-18)30-4/h5,7-8,11-13,16,21H,6,9-10,14-15H2,1-4H3. The number of carbonyl (C=O) groups excluding carboxylic acids is 1. The van der Waals surface area contributed by atoms with Crippen molar-refractivity contribution in [2.45, 2.75) is 52.3 Å². The fourth-order valence-corrected chi connectivity index (χ4v) is 4.08. The third-order valence-corrected chi connectivity index (χ3v) is 5.72. The Labute approximate surface area is 183 Å². The van der Waals surface area contributed by atoms with Crippen LogP contribution in [0, 0.1) is 6.92 Å². The van der Waals surface area contributed by atoms with Gasteiger partial charge in [0.15, 0.2) is 5.65 Å². The first kappa shape index (κ1) is 21.3. The summed E-state index contributed by atoms with van der Waals surface area (Å²) >= 11 is 0. The zero-order chi connectivity index (χ0) is 22.0. The van der Waals surface area contributed by atoms with Crippen molar-refractivity contribution in [3.05, 3.63) is 53.3 Å². The number of aromatic nitrogens is 3. The molecule has 0 radical (unpaired) electrons. The Bertz CT molecular complexity index is 1070. The molecule has 1 aliphatic heterocycles. The number of ether oxygens (including phenoxy) is 2. The molecule has 7 nitrogen and oxygen atoms in total. The lowest BCUT2D eigenvalue weighted by atomic mass is 10.1. The summed E-state index contributed by atoms with van der Waals surface area (Å²) in [5.41, 5.74) is 3.15. The van der Waals surface area contributed by atoms with Gasteiger partial charge in [-0.25, -0.2) is 9.67 Å². The highest BCUT2D eigenvalue weighted by atomic mass is 16.5. The Balaban J connectivity index is 1.66. The number of carbonyl (C=O) groups is 1. The second-order valence-electron chi connectivity index (χ2n) is 8.39. The largest absolute Gasteiger partial charge is 0.497 e. The molecule has 2 aromatic heterocycles. The number of amides is 1. The first-order valence-corrected chi connectivity index (χ1v) is 10.8. The van der Waals surface area contributed by atoms with Crippen LogP contribution in [0.15, 0.2) is 36.5 Å². The Morgan fingerprint density at radius 1 is 1.35 bits per heavy atom. The van der Waals surface area contributed by atoms with E-state index < -0.39 is 0 Å². The molecule has 1 atom stereocenters. The summed E-state index contributed by atoms with van der Waals surface area (Å²) in [7, 11) is 1.65. The van der Waals surface area contributed by atoms with E-state index in [1.165, 1.54) is 0 Å². The maximum absolute atomic E-state index is 13.7. The topological polar surface area (TPSA) is 69.5 Å². The smallest absolute Gasteiger partial charge is 0.256 e. The summed E-state index contributed by atoms with van der Waals surface area (Å²) in [6, 6.07) is 9.96. The number of aryl methyl sites for hydroxylation is 1. The van der Waals surface area contributed by atoms with Gasteiger partial charge in [-0.3, -0.25) is 4.79 Å². The van der Waals surface area contributed by atoms with E-state index >= 15 is 0 Å². The van der Waals surface area contributed by atoms with E-state index in [2.05, 4.69) is 18.9 Å². The van der Waals surface area contributed by atoms with Gasteiger partial charge in [-0.1, -0.05) is 12.1 Å². The normalized spacial score (nSPS) is 16.2. The summed E-state index contributed by atoms with van der Waals surface area (Å²) < 4.78 is 13.1. The van der Waals surface area contributed by atoms with Gasteiger partial charge in [0, 0.05) is 31.1 Å². The van der Waals surface area contributed by atoms with Crippen molar-refractivity contribution >= 4 is 16.9 Å². The molecule has 0 aliphatic carbocycles. The summed E-state index contributed by atoms with van der Waals surface area (Å²) in [6.45, 7) is 7.82. The second kappa shape index (κ2) is 9.06. The molecule has 3 aromatic rings. The predicted molar refractivity (Wildman–Crippen MR) is 119 cm³/mol. The predicted octanol–water partition coefficient (Wildman–Crippen LogP) is 4.15. The first-order chi connectivity index (χ1) is 15.0. The van der Waals surface area contributed by atoms with Gasteiger partial charge >= 0.3 is 0 Å². The lowest BCUT2D eigenvalue weighted by Gasteiger charge is -2.26. The van der Waals surface area contributed by atoms with E-state index in [9.17, 15) is 4.79 Å². The van der Waals surface area contributed by atoms with Crippen molar-refractivity contribution in [1.29, 1.82) is 0 Å². The molecule has 1 amide bonds. The Morgan fingerprint density at radius 2 is 2.19 bits per heavy atom. The summed E-state index contributed by atoms with van der Waals surface area (Å²) in [5, 5.41) is 5.32. The van der Waals surface area contributed by atoms with E-state index in [4.69, 9.17) is 14.5 Å². The lowest BCUT2D eigenvalue weighted by Crippen LogP contribution is -2.37. The van der Waals surface area contributed by atoms with Crippen LogP contribution in [0.25, 0.3) is 11.0 Å². The zero-order valence-corrected chi connectivity index (χ0v) is 18.7. The Morgan fingerprint density at radius 3 is 2.90 bits per heavy atom. The van der Waals surface area contributed by atoms with Gasteiger partial charge in [0.05, 0.1) is 30.7 Å². The summed E-state index contributed by atoms with van der Waals surface area (Å²) in [5.74, 6) is 0.741. The van der Waals surface area contributed by atoms with E-state index in [1.807, 2.05) is 46.8 Å². The van der Waals surface area contributed by atoms with Crippen LogP contribution < -0.4 is 4.74 Å². The molecule has 0 spiro atoms. The highest BCUT2D eigenvalue weighted by Gasteiger charge is 2.26. The highest BCUT2D eigenvalue weighted by Crippen LogP contribution is 2.23. The molecule has 1 fully saturated rings. The molecule has 1 saturated heterocycles. The highest BCUT2D eigenvalue weighted by molar-refractivity contribution is 5.98. The fraction of sp³-hybridized carbons (Fsp3) is 0.458. The minimum atomic E-state index is -0.0393. The van der Waals surface area contributed by atoms with Crippen molar-refractivity contribution in [1.82, 2.24) is 19.7 Å². The average molecular weight is 423 g/mol. The van der Waals surface area contributed by atoms with Crippen LogP contribution in [0.5, 0.6) is 5.75 Å². The van der Waals surface area contributed by atoms with Gasteiger partial charge in [-0.15, -0.1) is 0 Å². The Kier molecular flexibility index (Phi) is 6.23. The van der Waals surface area contributed by atoms with E-state index in [-0.39, 0.29) is 18.1 Å². The molecule has 7 heteroatoms. The van der Waals surface area contributed by atoms with Gasteiger partial charge in [0.1, 0.15) is 5.75 Å². The molecule has 0 bridgehead atoms. The average Bonchev–Trinajstić information content (AvgIpc) is 3.42. The van der Waals surface area contributed by atoms with Crippen LogP contribution in [-0.2, 0) is 11.3 Å². The number of nitrogens with zero attached hydrogens (tertiary/aromatic N) is 4. The number of fused-ring (bicyclic) bond motifs is 1. The molecule has 3 heterocycles. The molecule has 1 aromatic carbocycles. The third-order valence-electron chi connectivity index (χ3n) is 5.72. The van der Waals surface area contributed by atoms with Crippen molar-refractivity contribution < 1.29 is 14.3 Å². The van der Waals surface area contributed by atoms with Gasteiger partial charge in [0.25, 0.3) is 5.91 Å². The number of benzene rings is 1. The van der Waals surface area contributed by atoms with Crippen LogP contribution in [-0.4, -0.2) is 51.9 Å². The maximum Gasteiger partial charge on any atom is 0.256 e. The third kappa shape index (κ3) is 4.56. The minimum Gasteiger partial charge on any atom is -0.497 e. The van der Waals surface area contributed by atoms with Crippen molar-refractivity contribution in [3.63, 3.8) is 0 Å². The first-order valence-electron chi connectivity index (χ1n) is 10.8. The zero-order valence-electron chi connectivity index (χ0n) is 18.7. The van der Waals surface area contributed by atoms with E-state index in [0.29, 0.717) is 24.3 Å². The molecule has 0 saturated carbocycles. The van der Waals surface area contributed by atoms with Crippen molar-refractivity contribution in [3.8, 4) is 5.75 Å². The van der Waals surface area contributed by atoms with Crippen LogP contribution in [0.3, 0.4) is 0 Å². The SMILES string of the molecule is COc1cccc(CN(CC2CCCO2)C(=O)c2cc3cnn(C(C)C)c3nc2C)c1.